The molecule has 0 radical (unpaired) electrons. The van der Waals surface area contributed by atoms with Crippen LogP contribution in [0.1, 0.15) is 18.0 Å². The molecule has 0 amide bonds. The first-order valence-electron chi connectivity index (χ1n) is 8.85. The summed E-state index contributed by atoms with van der Waals surface area (Å²) in [4.78, 5) is 6.32. The van der Waals surface area contributed by atoms with Crippen LogP contribution in [0.25, 0.3) is 0 Å². The monoisotopic (exact) mass is 526 g/mol. The molecule has 2 N–H and O–H groups in total. The Kier molecular flexibility index (Phi) is 9.78. The van der Waals surface area contributed by atoms with Gasteiger partial charge >= 0.3 is 0 Å². The Morgan fingerprint density at radius 2 is 1.96 bits per heavy atom. The lowest BCUT2D eigenvalue weighted by atomic mass is 10.1. The molecule has 0 saturated carbocycles. The van der Waals surface area contributed by atoms with E-state index >= 15 is 0 Å². The summed E-state index contributed by atoms with van der Waals surface area (Å²) >= 11 is 0. The molecule has 1 aromatic carbocycles. The predicted octanol–water partition coefficient (Wildman–Crippen LogP) is 1.28. The van der Waals surface area contributed by atoms with Gasteiger partial charge in [-0.05, 0) is 38.2 Å². The average Bonchev–Trinajstić information content (AvgIpc) is 2.98. The Bertz CT molecular complexity index is 771. The number of methoxy groups -OCH3 is 2. The van der Waals surface area contributed by atoms with E-state index in [0.29, 0.717) is 30.4 Å². The van der Waals surface area contributed by atoms with E-state index in [1.54, 1.807) is 21.3 Å². The summed E-state index contributed by atoms with van der Waals surface area (Å²) < 4.78 is 34.0. The van der Waals surface area contributed by atoms with Gasteiger partial charge in [-0.2, -0.15) is 0 Å². The molecule has 1 heterocycles. The van der Waals surface area contributed by atoms with Crippen LogP contribution in [0.2, 0.25) is 0 Å². The summed E-state index contributed by atoms with van der Waals surface area (Å²) in [7, 11) is 5.98. The number of ether oxygens (including phenoxy) is 2. The van der Waals surface area contributed by atoms with Crippen molar-refractivity contribution in [3.05, 3.63) is 23.8 Å². The summed E-state index contributed by atoms with van der Waals surface area (Å²) in [5.41, 5.74) is 1.07. The number of hydrogen-bond donors (Lipinski definition) is 2. The van der Waals surface area contributed by atoms with Crippen molar-refractivity contribution < 1.29 is 17.9 Å². The van der Waals surface area contributed by atoms with Gasteiger partial charge in [0.1, 0.15) is 0 Å². The molecule has 2 unspecified atom stereocenters. The minimum absolute atomic E-state index is 0. The van der Waals surface area contributed by atoms with E-state index < -0.39 is 9.84 Å². The van der Waals surface area contributed by atoms with Crippen molar-refractivity contribution in [3.8, 4) is 11.5 Å². The molecule has 2 atom stereocenters. The van der Waals surface area contributed by atoms with E-state index in [4.69, 9.17) is 9.47 Å². The molecule has 1 aromatic rings. The van der Waals surface area contributed by atoms with Gasteiger partial charge in [-0.1, -0.05) is 6.07 Å². The molecule has 1 aliphatic heterocycles. The summed E-state index contributed by atoms with van der Waals surface area (Å²) in [5, 5.41) is 6.50. The molecular formula is C18H31IN4O4S. The molecule has 0 bridgehead atoms. The Balaban J connectivity index is 0.00000392. The van der Waals surface area contributed by atoms with Crippen LogP contribution in [0.4, 0.5) is 0 Å². The number of nitrogens with one attached hydrogen (secondary N) is 2. The third kappa shape index (κ3) is 6.66. The van der Waals surface area contributed by atoms with E-state index in [9.17, 15) is 8.42 Å². The number of benzene rings is 1. The van der Waals surface area contributed by atoms with Gasteiger partial charge < -0.3 is 25.0 Å². The van der Waals surface area contributed by atoms with E-state index in [1.807, 2.05) is 32.3 Å². The van der Waals surface area contributed by atoms with Crippen LogP contribution in [0.3, 0.4) is 0 Å². The zero-order valence-corrected chi connectivity index (χ0v) is 20.2. The lowest BCUT2D eigenvalue weighted by molar-refractivity contribution is 0.295. The van der Waals surface area contributed by atoms with E-state index in [-0.39, 0.29) is 47.6 Å². The number of hydrogen-bond acceptors (Lipinski definition) is 6. The summed E-state index contributed by atoms with van der Waals surface area (Å²) in [5.74, 6) is 2.35. The largest absolute Gasteiger partial charge is 0.493 e. The zero-order chi connectivity index (χ0) is 20.0. The van der Waals surface area contributed by atoms with Crippen LogP contribution in [0, 0.1) is 0 Å². The fourth-order valence-electron chi connectivity index (χ4n) is 3.15. The first-order chi connectivity index (χ1) is 12.8. The number of nitrogens with zero attached hydrogens (tertiary/aromatic N) is 2. The van der Waals surface area contributed by atoms with Gasteiger partial charge in [0.15, 0.2) is 27.3 Å². The topological polar surface area (TPSA) is 92.3 Å². The molecule has 1 fully saturated rings. The first kappa shape index (κ1) is 24.8. The number of guanidine groups is 1. The fourth-order valence-corrected chi connectivity index (χ4v) is 4.82. The normalized spacial score (nSPS) is 19.6. The second-order valence-electron chi connectivity index (χ2n) is 6.79. The van der Waals surface area contributed by atoms with Gasteiger partial charge in [-0.3, -0.25) is 4.99 Å². The minimum atomic E-state index is -2.93. The van der Waals surface area contributed by atoms with Crippen LogP contribution in [0.5, 0.6) is 11.5 Å². The van der Waals surface area contributed by atoms with Gasteiger partial charge in [0.2, 0.25) is 0 Å². The highest BCUT2D eigenvalue weighted by atomic mass is 127. The van der Waals surface area contributed by atoms with Gasteiger partial charge in [0.25, 0.3) is 0 Å². The van der Waals surface area contributed by atoms with Crippen LogP contribution in [0.15, 0.2) is 23.2 Å². The van der Waals surface area contributed by atoms with Crippen LogP contribution >= 0.6 is 24.0 Å². The lowest BCUT2D eigenvalue weighted by Gasteiger charge is -2.27. The Hall–Kier alpha value is -1.27. The van der Waals surface area contributed by atoms with Crippen molar-refractivity contribution >= 4 is 39.8 Å². The van der Waals surface area contributed by atoms with Crippen LogP contribution in [-0.2, 0) is 9.84 Å². The molecule has 8 nitrogen and oxygen atoms in total. The Labute approximate surface area is 185 Å². The highest BCUT2D eigenvalue weighted by Crippen LogP contribution is 2.31. The maximum Gasteiger partial charge on any atom is 0.191 e. The van der Waals surface area contributed by atoms with Crippen LogP contribution in [-0.4, -0.2) is 78.7 Å². The second kappa shape index (κ2) is 11.1. The Morgan fingerprint density at radius 3 is 2.46 bits per heavy atom. The molecular weight excluding hydrogens is 495 g/mol. The van der Waals surface area contributed by atoms with E-state index in [0.717, 1.165) is 5.56 Å². The molecule has 10 heteroatoms. The van der Waals surface area contributed by atoms with Gasteiger partial charge in [0, 0.05) is 19.6 Å². The second-order valence-corrected chi connectivity index (χ2v) is 9.02. The van der Waals surface area contributed by atoms with Crippen molar-refractivity contribution in [1.82, 2.24) is 15.5 Å². The maximum atomic E-state index is 11.6. The maximum absolute atomic E-state index is 11.6. The molecule has 2 rings (SSSR count). The number of likely N-dealkylation sites (N-methyl/N-ethyl adjacent to an activating group) is 1. The first-order valence-corrected chi connectivity index (χ1v) is 10.7. The van der Waals surface area contributed by atoms with Gasteiger partial charge in [-0.15, -0.1) is 24.0 Å². The lowest BCUT2D eigenvalue weighted by Crippen LogP contribution is -2.46. The number of sulfone groups is 1. The van der Waals surface area contributed by atoms with Crippen molar-refractivity contribution in [2.24, 2.45) is 4.99 Å². The van der Waals surface area contributed by atoms with Crippen molar-refractivity contribution in [2.75, 3.05) is 53.4 Å². The highest BCUT2D eigenvalue weighted by molar-refractivity contribution is 14.0. The van der Waals surface area contributed by atoms with E-state index in [1.165, 1.54) is 0 Å². The Morgan fingerprint density at radius 1 is 1.29 bits per heavy atom. The molecule has 0 spiro atoms. The zero-order valence-electron chi connectivity index (χ0n) is 17.1. The fraction of sp³-hybridized carbons (Fsp3) is 0.611. The van der Waals surface area contributed by atoms with Crippen molar-refractivity contribution in [3.63, 3.8) is 0 Å². The third-order valence-corrected chi connectivity index (χ3v) is 6.44. The van der Waals surface area contributed by atoms with Crippen molar-refractivity contribution in [2.45, 2.75) is 18.5 Å². The standard InChI is InChI=1S/C18H30N4O4S.HI/c1-19-18(21-14-8-9-27(23,24)12-14)20-11-15(22(2)3)13-6-7-16(25-4)17(10-13)26-5;/h6-7,10,14-15H,8-9,11-12H2,1-5H3,(H2,19,20,21);1H. The SMILES string of the molecule is CN=C(NCC(c1ccc(OC)c(OC)c1)N(C)C)NC1CCS(=O)(=O)C1.I. The average molecular weight is 526 g/mol. The number of halogens is 1. The van der Waals surface area contributed by atoms with Crippen LogP contribution < -0.4 is 20.1 Å². The number of rotatable bonds is 7. The molecule has 0 aliphatic carbocycles. The molecule has 160 valence electrons. The molecule has 1 aliphatic rings. The smallest absolute Gasteiger partial charge is 0.191 e. The molecule has 1 saturated heterocycles. The summed E-state index contributed by atoms with van der Waals surface area (Å²) in [6.45, 7) is 0.599. The van der Waals surface area contributed by atoms with Gasteiger partial charge in [-0.25, -0.2) is 8.42 Å². The molecule has 28 heavy (non-hydrogen) atoms. The summed E-state index contributed by atoms with van der Waals surface area (Å²) in [6.07, 6.45) is 0.607. The minimum Gasteiger partial charge on any atom is -0.493 e. The van der Waals surface area contributed by atoms with E-state index in [2.05, 4.69) is 20.5 Å². The third-order valence-electron chi connectivity index (χ3n) is 4.68. The van der Waals surface area contributed by atoms with Crippen molar-refractivity contribution in [1.29, 1.82) is 0 Å². The van der Waals surface area contributed by atoms with Gasteiger partial charge in [0.05, 0.1) is 31.8 Å². The summed E-state index contributed by atoms with van der Waals surface area (Å²) in [6, 6.07) is 5.83. The quantitative estimate of drug-likeness (QED) is 0.314. The predicted molar refractivity (Wildman–Crippen MR) is 123 cm³/mol. The highest BCUT2D eigenvalue weighted by Gasteiger charge is 2.28. The number of aliphatic imine (C=N–C) groups is 1. The molecule has 0 aromatic heterocycles.